The molecule has 4 rings (SSSR count). The van der Waals surface area contributed by atoms with Gasteiger partial charge in [-0.15, -0.1) is 0 Å². The first-order valence-electron chi connectivity index (χ1n) is 7.58. The molecule has 1 aliphatic rings. The predicted molar refractivity (Wildman–Crippen MR) is 83.1 cm³/mol. The highest BCUT2D eigenvalue weighted by Gasteiger charge is 2.21. The average Bonchev–Trinajstić information content (AvgIpc) is 3.15. The first-order chi connectivity index (χ1) is 10.7. The van der Waals surface area contributed by atoms with Crippen LogP contribution in [0.5, 0.6) is 0 Å². The van der Waals surface area contributed by atoms with E-state index in [1.807, 2.05) is 25.1 Å². The summed E-state index contributed by atoms with van der Waals surface area (Å²) in [7, 11) is 0. The van der Waals surface area contributed by atoms with E-state index < -0.39 is 0 Å². The van der Waals surface area contributed by atoms with Crippen LogP contribution in [-0.4, -0.2) is 21.1 Å². The number of nitrogens with one attached hydrogen (secondary N) is 1. The predicted octanol–water partition coefficient (Wildman–Crippen LogP) is 3.27. The van der Waals surface area contributed by atoms with Crippen LogP contribution in [0, 0.1) is 12.7 Å². The summed E-state index contributed by atoms with van der Waals surface area (Å²) < 4.78 is 15.9. The molecule has 1 aromatic carbocycles. The molecule has 112 valence electrons. The van der Waals surface area contributed by atoms with E-state index in [0.29, 0.717) is 5.56 Å². The van der Waals surface area contributed by atoms with E-state index in [-0.39, 0.29) is 11.9 Å². The minimum absolute atomic E-state index is 0.245. The Morgan fingerprint density at radius 3 is 2.91 bits per heavy atom. The lowest BCUT2D eigenvalue weighted by atomic mass is 10.1. The van der Waals surface area contributed by atoms with Gasteiger partial charge in [0.25, 0.3) is 0 Å². The molecule has 5 heteroatoms. The van der Waals surface area contributed by atoms with Gasteiger partial charge in [-0.3, -0.25) is 0 Å². The van der Waals surface area contributed by atoms with Crippen molar-refractivity contribution in [3.05, 3.63) is 53.6 Å². The van der Waals surface area contributed by atoms with Gasteiger partial charge in [-0.05, 0) is 44.5 Å². The van der Waals surface area contributed by atoms with Gasteiger partial charge in [0, 0.05) is 17.3 Å². The molecule has 0 radical (unpaired) electrons. The van der Waals surface area contributed by atoms with E-state index in [1.54, 1.807) is 16.6 Å². The van der Waals surface area contributed by atoms with Crippen LogP contribution in [0.25, 0.3) is 16.9 Å². The Morgan fingerprint density at radius 1 is 1.27 bits per heavy atom. The largest absolute Gasteiger partial charge is 0.309 e. The lowest BCUT2D eigenvalue weighted by Gasteiger charge is -2.07. The highest BCUT2D eigenvalue weighted by Crippen LogP contribution is 2.27. The number of aromatic nitrogens is 3. The molecular weight excluding hydrogens is 279 g/mol. The van der Waals surface area contributed by atoms with Crippen LogP contribution >= 0.6 is 0 Å². The fraction of sp³-hybridized carbons (Fsp3) is 0.294. The monoisotopic (exact) mass is 296 g/mol. The smallest absolute Gasteiger partial charge is 0.156 e. The van der Waals surface area contributed by atoms with Gasteiger partial charge in [0.1, 0.15) is 5.82 Å². The van der Waals surface area contributed by atoms with Gasteiger partial charge in [-0.2, -0.15) is 5.10 Å². The van der Waals surface area contributed by atoms with Crippen molar-refractivity contribution >= 4 is 5.65 Å². The number of nitrogens with zero attached hydrogens (tertiary/aromatic N) is 3. The van der Waals surface area contributed by atoms with E-state index in [4.69, 9.17) is 0 Å². The van der Waals surface area contributed by atoms with Crippen molar-refractivity contribution in [1.29, 1.82) is 0 Å². The van der Waals surface area contributed by atoms with E-state index in [2.05, 4.69) is 15.4 Å². The molecule has 0 bridgehead atoms. The summed E-state index contributed by atoms with van der Waals surface area (Å²) in [5.74, 6) is -0.245. The van der Waals surface area contributed by atoms with Gasteiger partial charge in [-0.1, -0.05) is 12.1 Å². The Balaban J connectivity index is 1.92. The van der Waals surface area contributed by atoms with Gasteiger partial charge in [0.2, 0.25) is 0 Å². The standard InChI is InChI=1S/C17H17FN4/c1-11-9-16(12-5-2-3-6-13(12)18)22-17(20-11)10-15(21-22)14-7-4-8-19-14/h2-3,5-6,9-10,14,19H,4,7-8H2,1H3. The second kappa shape index (κ2) is 5.18. The molecule has 1 unspecified atom stereocenters. The molecule has 0 aliphatic carbocycles. The topological polar surface area (TPSA) is 42.2 Å². The Hall–Kier alpha value is -2.27. The SMILES string of the molecule is Cc1cc(-c2ccccc2F)n2nc(C3CCCN3)cc2n1. The maximum Gasteiger partial charge on any atom is 0.156 e. The number of aryl methyl sites for hydroxylation is 1. The van der Waals surface area contributed by atoms with Crippen LogP contribution in [0.3, 0.4) is 0 Å². The molecular formula is C17H17FN4. The molecule has 0 amide bonds. The van der Waals surface area contributed by atoms with E-state index >= 15 is 0 Å². The molecule has 3 heterocycles. The quantitative estimate of drug-likeness (QED) is 0.789. The first kappa shape index (κ1) is 13.4. The summed E-state index contributed by atoms with van der Waals surface area (Å²) >= 11 is 0. The van der Waals surface area contributed by atoms with Gasteiger partial charge >= 0.3 is 0 Å². The van der Waals surface area contributed by atoms with Crippen molar-refractivity contribution in [3.63, 3.8) is 0 Å². The van der Waals surface area contributed by atoms with E-state index in [9.17, 15) is 4.39 Å². The Labute approximate surface area is 128 Å². The molecule has 4 nitrogen and oxygen atoms in total. The van der Waals surface area contributed by atoms with Crippen molar-refractivity contribution in [2.24, 2.45) is 0 Å². The second-order valence-corrected chi connectivity index (χ2v) is 5.75. The van der Waals surface area contributed by atoms with Crippen molar-refractivity contribution in [1.82, 2.24) is 19.9 Å². The van der Waals surface area contributed by atoms with Gasteiger partial charge in [0.05, 0.1) is 17.4 Å². The lowest BCUT2D eigenvalue weighted by molar-refractivity contribution is 0.618. The Morgan fingerprint density at radius 2 is 2.14 bits per heavy atom. The van der Waals surface area contributed by atoms with Crippen molar-refractivity contribution in [3.8, 4) is 11.3 Å². The molecule has 1 atom stereocenters. The minimum atomic E-state index is -0.245. The number of hydrogen-bond donors (Lipinski definition) is 1. The Kier molecular flexibility index (Phi) is 3.15. The first-order valence-corrected chi connectivity index (χ1v) is 7.58. The molecule has 1 saturated heterocycles. The lowest BCUT2D eigenvalue weighted by Crippen LogP contribution is -2.13. The molecule has 3 aromatic rings. The number of halogens is 1. The van der Waals surface area contributed by atoms with Crippen molar-refractivity contribution in [2.45, 2.75) is 25.8 Å². The van der Waals surface area contributed by atoms with Gasteiger partial charge in [0.15, 0.2) is 5.65 Å². The number of rotatable bonds is 2. The molecule has 2 aromatic heterocycles. The summed E-state index contributed by atoms with van der Waals surface area (Å²) in [6, 6.07) is 10.9. The van der Waals surface area contributed by atoms with Crippen LogP contribution in [0.4, 0.5) is 4.39 Å². The molecule has 1 fully saturated rings. The zero-order valence-electron chi connectivity index (χ0n) is 12.4. The number of hydrogen-bond acceptors (Lipinski definition) is 3. The highest BCUT2D eigenvalue weighted by atomic mass is 19.1. The van der Waals surface area contributed by atoms with E-state index in [0.717, 1.165) is 42.1 Å². The zero-order chi connectivity index (χ0) is 15.1. The zero-order valence-corrected chi connectivity index (χ0v) is 12.4. The molecule has 0 spiro atoms. The third-order valence-electron chi connectivity index (χ3n) is 4.14. The van der Waals surface area contributed by atoms with Crippen LogP contribution in [0.1, 0.15) is 30.3 Å². The third-order valence-corrected chi connectivity index (χ3v) is 4.14. The summed E-state index contributed by atoms with van der Waals surface area (Å²) in [5, 5.41) is 8.12. The summed E-state index contributed by atoms with van der Waals surface area (Å²) in [4.78, 5) is 4.53. The molecule has 1 N–H and O–H groups in total. The van der Waals surface area contributed by atoms with E-state index in [1.165, 1.54) is 6.07 Å². The van der Waals surface area contributed by atoms with Crippen LogP contribution < -0.4 is 5.32 Å². The minimum Gasteiger partial charge on any atom is -0.309 e. The maximum atomic E-state index is 14.2. The molecule has 0 saturated carbocycles. The fourth-order valence-corrected chi connectivity index (χ4v) is 3.09. The number of benzene rings is 1. The van der Waals surface area contributed by atoms with Crippen molar-refractivity contribution < 1.29 is 4.39 Å². The maximum absolute atomic E-state index is 14.2. The fourth-order valence-electron chi connectivity index (χ4n) is 3.09. The van der Waals surface area contributed by atoms with Gasteiger partial charge in [-0.25, -0.2) is 13.9 Å². The van der Waals surface area contributed by atoms with Crippen LogP contribution in [0.15, 0.2) is 36.4 Å². The molecule has 22 heavy (non-hydrogen) atoms. The van der Waals surface area contributed by atoms with Crippen LogP contribution in [0.2, 0.25) is 0 Å². The second-order valence-electron chi connectivity index (χ2n) is 5.75. The summed E-state index contributed by atoms with van der Waals surface area (Å²) in [6.45, 7) is 2.94. The highest BCUT2D eigenvalue weighted by molar-refractivity contribution is 5.64. The number of fused-ring (bicyclic) bond motifs is 1. The third kappa shape index (κ3) is 2.18. The molecule has 1 aliphatic heterocycles. The normalized spacial score (nSPS) is 18.2. The van der Waals surface area contributed by atoms with Crippen LogP contribution in [-0.2, 0) is 0 Å². The summed E-state index contributed by atoms with van der Waals surface area (Å²) in [6.07, 6.45) is 2.24. The van der Waals surface area contributed by atoms with Crippen molar-refractivity contribution in [2.75, 3.05) is 6.54 Å². The summed E-state index contributed by atoms with van der Waals surface area (Å²) in [5.41, 5.74) is 3.89. The Bertz CT molecular complexity index is 834. The van der Waals surface area contributed by atoms with Gasteiger partial charge < -0.3 is 5.32 Å². The average molecular weight is 296 g/mol.